The van der Waals surface area contributed by atoms with E-state index in [2.05, 4.69) is 26.5 Å². The van der Waals surface area contributed by atoms with E-state index in [1.807, 2.05) is 24.3 Å². The smallest absolute Gasteiger partial charge is 0.282 e. The normalized spacial score (nSPS) is 10.8. The van der Waals surface area contributed by atoms with E-state index in [1.54, 1.807) is 18.2 Å². The molecule has 0 aliphatic rings. The Bertz CT molecular complexity index is 980. The molecule has 0 spiro atoms. The number of hydrazone groups is 1. The maximum atomic E-state index is 12.1. The highest BCUT2D eigenvalue weighted by molar-refractivity contribution is 9.10. The number of rotatable bonds is 5. The summed E-state index contributed by atoms with van der Waals surface area (Å²) in [6.45, 7) is 0. The molecule has 7 nitrogen and oxygen atoms in total. The van der Waals surface area contributed by atoms with E-state index >= 15 is 0 Å². The third kappa shape index (κ3) is 4.04. The molecule has 3 aromatic rings. The van der Waals surface area contributed by atoms with Crippen LogP contribution in [0.4, 0.5) is 5.69 Å². The van der Waals surface area contributed by atoms with Gasteiger partial charge in [0.2, 0.25) is 0 Å². The number of amides is 1. The number of para-hydroxylation sites is 1. The first kappa shape index (κ1) is 17.6. The summed E-state index contributed by atoms with van der Waals surface area (Å²) in [5, 5.41) is 14.7. The number of hydrogen-bond acceptors (Lipinski definition) is 5. The van der Waals surface area contributed by atoms with Gasteiger partial charge in [0.25, 0.3) is 11.6 Å². The van der Waals surface area contributed by atoms with Gasteiger partial charge in [-0.15, -0.1) is 0 Å². The van der Waals surface area contributed by atoms with Crippen molar-refractivity contribution in [3.63, 3.8) is 0 Å². The zero-order valence-electron chi connectivity index (χ0n) is 13.3. The Morgan fingerprint density at radius 1 is 1.12 bits per heavy atom. The molecule has 0 saturated heterocycles. The zero-order chi connectivity index (χ0) is 18.5. The number of nitrogens with one attached hydrogen (secondary N) is 1. The summed E-state index contributed by atoms with van der Waals surface area (Å²) in [4.78, 5) is 22.4. The van der Waals surface area contributed by atoms with E-state index in [0.29, 0.717) is 11.5 Å². The number of hydrogen-bond donors (Lipinski definition) is 1. The van der Waals surface area contributed by atoms with Crippen molar-refractivity contribution in [2.45, 2.75) is 0 Å². The second-order valence-corrected chi connectivity index (χ2v) is 6.10. The lowest BCUT2D eigenvalue weighted by molar-refractivity contribution is -0.385. The average Bonchev–Trinajstić information content (AvgIpc) is 3.11. The highest BCUT2D eigenvalue weighted by Gasteiger charge is 2.18. The van der Waals surface area contributed by atoms with Crippen molar-refractivity contribution in [3.05, 3.63) is 86.6 Å². The lowest BCUT2D eigenvalue weighted by Gasteiger charge is -2.00. The van der Waals surface area contributed by atoms with Crippen molar-refractivity contribution >= 4 is 33.7 Å². The third-order valence-electron chi connectivity index (χ3n) is 3.46. The molecule has 1 amide bonds. The van der Waals surface area contributed by atoms with E-state index < -0.39 is 10.8 Å². The fraction of sp³-hybridized carbons (Fsp3) is 0. The molecular weight excluding hydrogens is 402 g/mol. The molecular formula is C18H12BrN3O4. The van der Waals surface area contributed by atoms with Crippen molar-refractivity contribution < 1.29 is 14.1 Å². The van der Waals surface area contributed by atoms with Gasteiger partial charge in [-0.05, 0) is 30.3 Å². The molecule has 0 aliphatic heterocycles. The van der Waals surface area contributed by atoms with Gasteiger partial charge >= 0.3 is 0 Å². The van der Waals surface area contributed by atoms with Crippen molar-refractivity contribution in [2.75, 3.05) is 0 Å². The molecule has 1 heterocycles. The number of nitrogens with zero attached hydrogens (tertiary/aromatic N) is 2. The number of halogens is 1. The third-order valence-corrected chi connectivity index (χ3v) is 3.99. The number of carbonyl (C=O) groups excluding carboxylic acids is 1. The highest BCUT2D eigenvalue weighted by Crippen LogP contribution is 2.23. The molecule has 1 N–H and O–H groups in total. The minimum absolute atomic E-state index is 0.0651. The average molecular weight is 414 g/mol. The number of nitro groups is 1. The first-order valence-electron chi connectivity index (χ1n) is 7.47. The number of nitro benzene ring substituents is 1. The van der Waals surface area contributed by atoms with Crippen LogP contribution in [0.2, 0.25) is 0 Å². The predicted octanol–water partition coefficient (Wildman–Crippen LogP) is 4.38. The molecule has 0 saturated carbocycles. The molecule has 0 radical (unpaired) electrons. The van der Waals surface area contributed by atoms with Crippen LogP contribution in [0.15, 0.2) is 74.7 Å². The van der Waals surface area contributed by atoms with Crippen LogP contribution in [-0.2, 0) is 0 Å². The van der Waals surface area contributed by atoms with Gasteiger partial charge in [-0.2, -0.15) is 5.10 Å². The molecule has 0 atom stereocenters. The molecule has 3 rings (SSSR count). The molecule has 8 heteroatoms. The fourth-order valence-electron chi connectivity index (χ4n) is 2.23. The zero-order valence-corrected chi connectivity index (χ0v) is 14.8. The van der Waals surface area contributed by atoms with Gasteiger partial charge in [0.15, 0.2) is 0 Å². The summed E-state index contributed by atoms with van der Waals surface area (Å²) in [5.74, 6) is 0.419. The molecule has 0 unspecified atom stereocenters. The SMILES string of the molecule is O=C(N/N=C\c1ccc(-c2ccc(Br)cc2)o1)c1ccccc1[N+](=O)[O-]. The largest absolute Gasteiger partial charge is 0.455 e. The first-order chi connectivity index (χ1) is 12.5. The maximum absolute atomic E-state index is 12.1. The van der Waals surface area contributed by atoms with E-state index in [4.69, 9.17) is 4.42 Å². The molecule has 0 bridgehead atoms. The Morgan fingerprint density at radius 2 is 1.85 bits per heavy atom. The summed E-state index contributed by atoms with van der Waals surface area (Å²) in [6.07, 6.45) is 1.33. The second kappa shape index (κ2) is 7.75. The summed E-state index contributed by atoms with van der Waals surface area (Å²) >= 11 is 3.37. The van der Waals surface area contributed by atoms with Crippen molar-refractivity contribution in [2.24, 2.45) is 5.10 Å². The Labute approximate surface area is 156 Å². The fourth-order valence-corrected chi connectivity index (χ4v) is 2.50. The van der Waals surface area contributed by atoms with Gasteiger partial charge in [0.05, 0.1) is 11.1 Å². The van der Waals surface area contributed by atoms with Crippen molar-refractivity contribution in [3.8, 4) is 11.3 Å². The predicted molar refractivity (Wildman–Crippen MR) is 100 cm³/mol. The van der Waals surface area contributed by atoms with Crippen molar-refractivity contribution in [1.29, 1.82) is 0 Å². The van der Waals surface area contributed by atoms with Gasteiger partial charge in [0, 0.05) is 16.1 Å². The van der Waals surface area contributed by atoms with Crippen LogP contribution in [0.5, 0.6) is 0 Å². The van der Waals surface area contributed by atoms with E-state index in [9.17, 15) is 14.9 Å². The maximum Gasteiger partial charge on any atom is 0.282 e. The lowest BCUT2D eigenvalue weighted by Crippen LogP contribution is -2.18. The van der Waals surface area contributed by atoms with Crippen LogP contribution in [0.1, 0.15) is 16.1 Å². The number of carbonyl (C=O) groups is 1. The topological polar surface area (TPSA) is 97.7 Å². The number of furan rings is 1. The van der Waals surface area contributed by atoms with E-state index in [-0.39, 0.29) is 11.3 Å². The van der Waals surface area contributed by atoms with Gasteiger partial charge in [-0.1, -0.05) is 40.2 Å². The molecule has 26 heavy (non-hydrogen) atoms. The van der Waals surface area contributed by atoms with Crippen LogP contribution in [-0.4, -0.2) is 17.0 Å². The highest BCUT2D eigenvalue weighted by atomic mass is 79.9. The van der Waals surface area contributed by atoms with Crippen LogP contribution in [0.3, 0.4) is 0 Å². The molecule has 0 aliphatic carbocycles. The standard InChI is InChI=1S/C18H12BrN3O4/c19-13-7-5-12(6-8-13)17-10-9-14(26-17)11-20-21-18(23)15-3-1-2-4-16(15)22(24)25/h1-11H,(H,21,23)/b20-11-. The van der Waals surface area contributed by atoms with Crippen LogP contribution in [0.25, 0.3) is 11.3 Å². The Hall–Kier alpha value is -3.26. The Kier molecular flexibility index (Phi) is 5.23. The quantitative estimate of drug-likeness (QED) is 0.381. The van der Waals surface area contributed by atoms with Crippen molar-refractivity contribution in [1.82, 2.24) is 5.43 Å². The molecule has 2 aromatic carbocycles. The summed E-state index contributed by atoms with van der Waals surface area (Å²) < 4.78 is 6.60. The molecule has 0 fully saturated rings. The van der Waals surface area contributed by atoms with Crippen LogP contribution < -0.4 is 5.43 Å². The minimum atomic E-state index is -0.673. The van der Waals surface area contributed by atoms with Gasteiger partial charge in [-0.25, -0.2) is 5.43 Å². The minimum Gasteiger partial charge on any atom is -0.455 e. The summed E-state index contributed by atoms with van der Waals surface area (Å²) in [6, 6.07) is 16.8. The second-order valence-electron chi connectivity index (χ2n) is 5.18. The van der Waals surface area contributed by atoms with E-state index in [1.165, 1.54) is 24.4 Å². The van der Waals surface area contributed by atoms with E-state index in [0.717, 1.165) is 10.0 Å². The van der Waals surface area contributed by atoms with Gasteiger partial charge in [0.1, 0.15) is 17.1 Å². The Balaban J connectivity index is 1.69. The Morgan fingerprint density at radius 3 is 2.58 bits per heavy atom. The van der Waals surface area contributed by atoms with Gasteiger partial charge in [-0.3, -0.25) is 14.9 Å². The first-order valence-corrected chi connectivity index (χ1v) is 8.26. The van der Waals surface area contributed by atoms with Gasteiger partial charge < -0.3 is 4.42 Å². The van der Waals surface area contributed by atoms with Crippen LogP contribution >= 0.6 is 15.9 Å². The lowest BCUT2D eigenvalue weighted by atomic mass is 10.2. The summed E-state index contributed by atoms with van der Waals surface area (Å²) in [7, 11) is 0. The summed E-state index contributed by atoms with van der Waals surface area (Å²) in [5.41, 5.74) is 2.81. The number of benzene rings is 2. The monoisotopic (exact) mass is 413 g/mol. The molecule has 130 valence electrons. The molecule has 1 aromatic heterocycles. The van der Waals surface area contributed by atoms with Crippen LogP contribution in [0, 0.1) is 10.1 Å².